The molecule has 24 heavy (non-hydrogen) atoms. The van der Waals surface area contributed by atoms with E-state index < -0.39 is 54.2 Å². The molecule has 0 aliphatic carbocycles. The van der Waals surface area contributed by atoms with Gasteiger partial charge in [0.1, 0.15) is 12.1 Å². The van der Waals surface area contributed by atoms with Gasteiger partial charge in [-0.3, -0.25) is 24.0 Å². The molecule has 0 aliphatic heterocycles. The number of carboxylic acids is 2. The molecule has 0 aromatic heterocycles. The van der Waals surface area contributed by atoms with E-state index in [-0.39, 0.29) is 19.3 Å². The van der Waals surface area contributed by atoms with E-state index in [1.54, 1.807) is 6.92 Å². The maximum absolute atomic E-state index is 12.0. The number of hydrogen-bond donors (Lipinski definition) is 6. The number of carbonyl (C=O) groups is 5. The van der Waals surface area contributed by atoms with Crippen LogP contribution in [0.15, 0.2) is 0 Å². The topological polar surface area (TPSA) is 202 Å². The highest BCUT2D eigenvalue weighted by Crippen LogP contribution is 2.00. The third-order valence-electron chi connectivity index (χ3n) is 3.09. The third kappa shape index (κ3) is 8.08. The van der Waals surface area contributed by atoms with E-state index in [0.29, 0.717) is 0 Å². The number of carbonyl (C=O) groups excluding carboxylic acids is 3. The SMILES string of the molecule is CC[C@@H](NC(=O)C(N)CCC(=O)O)C(=O)N[C@H](CC(=O)O)C(N)=O. The minimum absolute atomic E-state index is 0.109. The van der Waals surface area contributed by atoms with Crippen molar-refractivity contribution in [3.63, 3.8) is 0 Å². The average Bonchev–Trinajstić information content (AvgIpc) is 2.48. The Labute approximate surface area is 137 Å². The van der Waals surface area contributed by atoms with Gasteiger partial charge in [0.05, 0.1) is 12.5 Å². The van der Waals surface area contributed by atoms with Crippen molar-refractivity contribution in [2.75, 3.05) is 0 Å². The molecule has 0 spiro atoms. The van der Waals surface area contributed by atoms with E-state index in [4.69, 9.17) is 21.7 Å². The van der Waals surface area contributed by atoms with Crippen LogP contribution in [0, 0.1) is 0 Å². The second-order valence-corrected chi connectivity index (χ2v) is 5.07. The Balaban J connectivity index is 4.73. The molecule has 136 valence electrons. The highest BCUT2D eigenvalue weighted by molar-refractivity contribution is 5.94. The third-order valence-corrected chi connectivity index (χ3v) is 3.09. The van der Waals surface area contributed by atoms with E-state index >= 15 is 0 Å². The molecule has 11 nitrogen and oxygen atoms in total. The van der Waals surface area contributed by atoms with Gasteiger partial charge < -0.3 is 32.3 Å². The van der Waals surface area contributed by atoms with Gasteiger partial charge in [0.25, 0.3) is 0 Å². The molecule has 3 amide bonds. The van der Waals surface area contributed by atoms with Gasteiger partial charge in [0.2, 0.25) is 17.7 Å². The molecular weight excluding hydrogens is 324 g/mol. The lowest BCUT2D eigenvalue weighted by atomic mass is 10.1. The fraction of sp³-hybridized carbons (Fsp3) is 0.615. The van der Waals surface area contributed by atoms with Crippen molar-refractivity contribution in [1.82, 2.24) is 10.6 Å². The fourth-order valence-electron chi connectivity index (χ4n) is 1.71. The first-order valence-electron chi connectivity index (χ1n) is 7.17. The van der Waals surface area contributed by atoms with Crippen LogP contribution in [-0.2, 0) is 24.0 Å². The second kappa shape index (κ2) is 10.2. The maximum Gasteiger partial charge on any atom is 0.305 e. The van der Waals surface area contributed by atoms with Crippen LogP contribution in [0.1, 0.15) is 32.6 Å². The van der Waals surface area contributed by atoms with Crippen molar-refractivity contribution in [2.24, 2.45) is 11.5 Å². The first kappa shape index (κ1) is 21.3. The zero-order valence-electron chi connectivity index (χ0n) is 13.2. The fourth-order valence-corrected chi connectivity index (χ4v) is 1.71. The van der Waals surface area contributed by atoms with Crippen LogP contribution in [0.25, 0.3) is 0 Å². The molecule has 1 unspecified atom stereocenters. The molecule has 0 saturated heterocycles. The van der Waals surface area contributed by atoms with Crippen LogP contribution >= 0.6 is 0 Å². The van der Waals surface area contributed by atoms with Crippen molar-refractivity contribution >= 4 is 29.7 Å². The van der Waals surface area contributed by atoms with E-state index in [1.807, 2.05) is 0 Å². The smallest absolute Gasteiger partial charge is 0.305 e. The van der Waals surface area contributed by atoms with Gasteiger partial charge in [-0.15, -0.1) is 0 Å². The Kier molecular flexibility index (Phi) is 9.02. The summed E-state index contributed by atoms with van der Waals surface area (Å²) >= 11 is 0. The summed E-state index contributed by atoms with van der Waals surface area (Å²) in [5, 5.41) is 21.7. The van der Waals surface area contributed by atoms with E-state index in [2.05, 4.69) is 10.6 Å². The number of nitrogens with two attached hydrogens (primary N) is 2. The van der Waals surface area contributed by atoms with Gasteiger partial charge >= 0.3 is 11.9 Å². The van der Waals surface area contributed by atoms with Gasteiger partial charge in [-0.25, -0.2) is 0 Å². The van der Waals surface area contributed by atoms with Crippen molar-refractivity contribution < 1.29 is 34.2 Å². The van der Waals surface area contributed by atoms with Crippen molar-refractivity contribution in [1.29, 1.82) is 0 Å². The molecule has 0 rings (SSSR count). The first-order chi connectivity index (χ1) is 11.1. The number of aliphatic carboxylic acids is 2. The predicted octanol–water partition coefficient (Wildman–Crippen LogP) is -2.48. The van der Waals surface area contributed by atoms with E-state index in [0.717, 1.165) is 0 Å². The van der Waals surface area contributed by atoms with Crippen molar-refractivity contribution in [2.45, 2.75) is 50.7 Å². The van der Waals surface area contributed by atoms with Gasteiger partial charge in [-0.2, -0.15) is 0 Å². The number of primary amides is 1. The Morgan fingerprint density at radius 3 is 1.92 bits per heavy atom. The number of carboxylic acid groups (broad SMARTS) is 2. The molecule has 8 N–H and O–H groups in total. The summed E-state index contributed by atoms with van der Waals surface area (Å²) < 4.78 is 0. The standard InChI is InChI=1S/C13H22N4O7/c1-2-7(16-12(23)6(14)3-4-9(18)19)13(24)17-8(11(15)22)5-10(20)21/h6-8H,2-5,14H2,1H3,(H2,15,22)(H,16,23)(H,17,24)(H,18,19)(H,20,21)/t6?,7-,8-/m1/s1. The summed E-state index contributed by atoms with van der Waals surface area (Å²) in [5.74, 6) is -4.98. The summed E-state index contributed by atoms with van der Waals surface area (Å²) in [6, 6.07) is -3.60. The molecule has 11 heteroatoms. The van der Waals surface area contributed by atoms with Crippen LogP contribution in [0.5, 0.6) is 0 Å². The Bertz CT molecular complexity index is 509. The maximum atomic E-state index is 12.0. The first-order valence-corrected chi connectivity index (χ1v) is 7.17. The number of amides is 3. The molecule has 0 aromatic rings. The molecule has 0 aromatic carbocycles. The second-order valence-electron chi connectivity index (χ2n) is 5.07. The number of hydrogen-bond acceptors (Lipinski definition) is 6. The van der Waals surface area contributed by atoms with Gasteiger partial charge in [0, 0.05) is 6.42 Å². The van der Waals surface area contributed by atoms with Crippen LogP contribution < -0.4 is 22.1 Å². The Morgan fingerprint density at radius 2 is 1.50 bits per heavy atom. The average molecular weight is 346 g/mol. The molecule has 3 atom stereocenters. The number of nitrogens with one attached hydrogen (secondary N) is 2. The minimum Gasteiger partial charge on any atom is -0.481 e. The summed E-state index contributed by atoms with van der Waals surface area (Å²) in [6.07, 6.45) is -0.965. The molecule has 0 heterocycles. The summed E-state index contributed by atoms with van der Waals surface area (Å²) in [6.45, 7) is 1.57. The molecule has 0 aliphatic rings. The molecule has 0 radical (unpaired) electrons. The molecule has 0 fully saturated rings. The van der Waals surface area contributed by atoms with E-state index in [9.17, 15) is 24.0 Å². The molecular formula is C13H22N4O7. The van der Waals surface area contributed by atoms with Crippen LogP contribution in [0.2, 0.25) is 0 Å². The van der Waals surface area contributed by atoms with Crippen molar-refractivity contribution in [3.05, 3.63) is 0 Å². The lowest BCUT2D eigenvalue weighted by Gasteiger charge is -2.21. The highest BCUT2D eigenvalue weighted by Gasteiger charge is 2.27. The number of rotatable bonds is 11. The summed E-state index contributed by atoms with van der Waals surface area (Å²) in [5.41, 5.74) is 10.5. The Morgan fingerprint density at radius 1 is 0.958 bits per heavy atom. The largest absolute Gasteiger partial charge is 0.481 e. The zero-order chi connectivity index (χ0) is 18.9. The van der Waals surface area contributed by atoms with Gasteiger partial charge in [-0.05, 0) is 12.8 Å². The molecule has 0 bridgehead atoms. The Hall–Kier alpha value is -2.69. The normalized spacial score (nSPS) is 14.1. The van der Waals surface area contributed by atoms with Crippen LogP contribution in [0.4, 0.5) is 0 Å². The van der Waals surface area contributed by atoms with Gasteiger partial charge in [-0.1, -0.05) is 6.92 Å². The zero-order valence-corrected chi connectivity index (χ0v) is 13.2. The summed E-state index contributed by atoms with van der Waals surface area (Å²) in [4.78, 5) is 56.1. The van der Waals surface area contributed by atoms with E-state index in [1.165, 1.54) is 0 Å². The quantitative estimate of drug-likeness (QED) is 0.236. The predicted molar refractivity (Wildman–Crippen MR) is 80.4 cm³/mol. The van der Waals surface area contributed by atoms with Crippen LogP contribution in [-0.4, -0.2) is 58.0 Å². The highest BCUT2D eigenvalue weighted by atomic mass is 16.4. The van der Waals surface area contributed by atoms with Gasteiger partial charge in [0.15, 0.2) is 0 Å². The summed E-state index contributed by atoms with van der Waals surface area (Å²) in [7, 11) is 0. The monoisotopic (exact) mass is 346 g/mol. The minimum atomic E-state index is -1.42. The lowest BCUT2D eigenvalue weighted by molar-refractivity contribution is -0.140. The molecule has 0 saturated carbocycles. The van der Waals surface area contributed by atoms with Crippen molar-refractivity contribution in [3.8, 4) is 0 Å². The lowest BCUT2D eigenvalue weighted by Crippen LogP contribution is -2.55. The van der Waals surface area contributed by atoms with Crippen LogP contribution in [0.3, 0.4) is 0 Å².